The normalized spacial score (nSPS) is 16.9. The maximum Gasteiger partial charge on any atom is 0.451 e. The average Bonchev–Trinajstić information content (AvgIpc) is 3.90. The van der Waals surface area contributed by atoms with E-state index in [1.807, 2.05) is 61.2 Å². The Bertz CT molecular complexity index is 2400. The third kappa shape index (κ3) is 6.93. The number of benzene rings is 3. The third-order valence-electron chi connectivity index (χ3n) is 10.2. The summed E-state index contributed by atoms with van der Waals surface area (Å²) >= 11 is 0. The van der Waals surface area contributed by atoms with E-state index in [-0.39, 0.29) is 16.9 Å². The van der Waals surface area contributed by atoms with Gasteiger partial charge in [0.25, 0.3) is 0 Å². The van der Waals surface area contributed by atoms with E-state index in [4.69, 9.17) is 9.40 Å². The van der Waals surface area contributed by atoms with E-state index in [0.717, 1.165) is 53.0 Å². The van der Waals surface area contributed by atoms with Crippen LogP contribution in [0.3, 0.4) is 0 Å². The highest BCUT2D eigenvalue weighted by Gasteiger charge is 2.36. The number of β-amino-alcohol motifs (C(OH)–C–C–N with tert-alkyl or cyclic N) is 1. The lowest BCUT2D eigenvalue weighted by Gasteiger charge is -2.18. The molecule has 2 saturated heterocycles. The van der Waals surface area contributed by atoms with Gasteiger partial charge in [-0.05, 0) is 110 Å². The molecular formula is C40H37F3N8O2. The summed E-state index contributed by atoms with van der Waals surface area (Å²) in [5, 5.41) is 23.0. The Morgan fingerprint density at radius 2 is 1.60 bits per heavy atom. The van der Waals surface area contributed by atoms with Gasteiger partial charge in [0.15, 0.2) is 11.4 Å². The van der Waals surface area contributed by atoms with E-state index in [0.29, 0.717) is 59.9 Å². The zero-order chi connectivity index (χ0) is 36.9. The molecule has 0 saturated carbocycles. The summed E-state index contributed by atoms with van der Waals surface area (Å²) in [6.45, 7) is 8.34. The van der Waals surface area contributed by atoms with Crippen LogP contribution in [0.2, 0.25) is 0 Å². The van der Waals surface area contributed by atoms with Crippen LogP contribution in [0, 0.1) is 25.2 Å². The molecule has 8 rings (SSSR count). The SMILES string of the molecule is Cc1c(Nc2nc(C(F)(F)F)nc3cc(CN4CC[C@@H](O)C4)cnc23)cccc1-c1cccc(-c2nc3cc(CN4CCCC4)cc(C#N)c3o2)c1C. The summed E-state index contributed by atoms with van der Waals surface area (Å²) in [4.78, 5) is 21.5. The lowest BCUT2D eigenvalue weighted by molar-refractivity contribution is -0.144. The Labute approximate surface area is 303 Å². The molecule has 6 aromatic rings. The third-order valence-corrected chi connectivity index (χ3v) is 10.2. The molecule has 3 aromatic carbocycles. The quantitative estimate of drug-likeness (QED) is 0.160. The van der Waals surface area contributed by atoms with Gasteiger partial charge in [-0.2, -0.15) is 18.4 Å². The molecule has 0 unspecified atom stereocenters. The fourth-order valence-electron chi connectivity index (χ4n) is 7.50. The van der Waals surface area contributed by atoms with E-state index in [1.54, 1.807) is 18.3 Å². The molecule has 3 aromatic heterocycles. The standard InChI is InChI=1S/C40H37F3N8O2/c1-23-29(7-5-9-31(23)38-47-34-16-25(20-50-12-3-4-13-50)15-27(18-44)36(34)53-38)30-8-6-10-32(24(30)2)46-37-35-33(48-39(49-37)40(41,42)43)17-26(19-45-35)21-51-14-11-28(52)22-51/h5-10,15-17,19,28,52H,3-4,11-14,20-22H2,1-2H3,(H,46,48,49)/t28-/m1/s1. The minimum atomic E-state index is -4.78. The van der Waals surface area contributed by atoms with E-state index in [1.165, 1.54) is 12.8 Å². The number of hydrogen-bond acceptors (Lipinski definition) is 10. The van der Waals surface area contributed by atoms with Crippen LogP contribution >= 0.6 is 0 Å². The molecule has 0 radical (unpaired) electrons. The second-order valence-corrected chi connectivity index (χ2v) is 14.0. The number of anilines is 2. The van der Waals surface area contributed by atoms with Crippen molar-refractivity contribution in [3.8, 4) is 28.7 Å². The Morgan fingerprint density at radius 1 is 0.887 bits per heavy atom. The van der Waals surface area contributed by atoms with Crippen molar-refractivity contribution in [2.24, 2.45) is 0 Å². The van der Waals surface area contributed by atoms with Crippen molar-refractivity contribution in [2.75, 3.05) is 31.5 Å². The lowest BCUT2D eigenvalue weighted by Crippen LogP contribution is -2.21. The second kappa shape index (κ2) is 13.9. The van der Waals surface area contributed by atoms with Gasteiger partial charge in [0.05, 0.1) is 17.2 Å². The van der Waals surface area contributed by atoms with Crippen LogP contribution in [-0.2, 0) is 19.3 Å². The minimum Gasteiger partial charge on any atom is -0.435 e. The number of nitrogens with zero attached hydrogens (tertiary/aromatic N) is 7. The van der Waals surface area contributed by atoms with Crippen LogP contribution in [0.4, 0.5) is 24.7 Å². The monoisotopic (exact) mass is 718 g/mol. The smallest absolute Gasteiger partial charge is 0.435 e. The molecule has 2 aliphatic rings. The highest BCUT2D eigenvalue weighted by molar-refractivity contribution is 5.90. The zero-order valence-corrected chi connectivity index (χ0v) is 29.3. The molecule has 2 fully saturated rings. The number of nitrogens with one attached hydrogen (secondary N) is 1. The summed E-state index contributed by atoms with van der Waals surface area (Å²) in [6, 6.07) is 19.2. The van der Waals surface area contributed by atoms with E-state index in [2.05, 4.69) is 31.2 Å². The number of pyridine rings is 1. The van der Waals surface area contributed by atoms with Gasteiger partial charge in [-0.25, -0.2) is 15.0 Å². The summed E-state index contributed by atoms with van der Waals surface area (Å²) in [5.41, 5.74) is 8.28. The molecule has 1 atom stereocenters. The van der Waals surface area contributed by atoms with Gasteiger partial charge in [0.2, 0.25) is 11.7 Å². The number of nitriles is 1. The molecule has 270 valence electrons. The van der Waals surface area contributed by atoms with Crippen molar-refractivity contribution in [3.63, 3.8) is 0 Å². The van der Waals surface area contributed by atoms with Crippen LogP contribution in [-0.4, -0.2) is 67.1 Å². The summed E-state index contributed by atoms with van der Waals surface area (Å²) < 4.78 is 48.4. The van der Waals surface area contributed by atoms with Crippen LogP contribution in [0.1, 0.15) is 52.9 Å². The summed E-state index contributed by atoms with van der Waals surface area (Å²) in [7, 11) is 0. The highest BCUT2D eigenvalue weighted by atomic mass is 19.4. The van der Waals surface area contributed by atoms with Gasteiger partial charge < -0.3 is 14.8 Å². The second-order valence-electron chi connectivity index (χ2n) is 14.0. The van der Waals surface area contributed by atoms with E-state index >= 15 is 0 Å². The maximum absolute atomic E-state index is 14.1. The largest absolute Gasteiger partial charge is 0.451 e. The first-order valence-electron chi connectivity index (χ1n) is 17.7. The number of aliphatic hydroxyl groups is 1. The molecule has 5 heterocycles. The molecule has 53 heavy (non-hydrogen) atoms. The van der Waals surface area contributed by atoms with E-state index < -0.39 is 18.1 Å². The van der Waals surface area contributed by atoms with Crippen LogP contribution in [0.15, 0.2) is 65.2 Å². The zero-order valence-electron chi connectivity index (χ0n) is 29.3. The Kier molecular flexibility index (Phi) is 9.06. The maximum atomic E-state index is 14.1. The molecular weight excluding hydrogens is 681 g/mol. The molecule has 0 bridgehead atoms. The molecule has 13 heteroatoms. The van der Waals surface area contributed by atoms with Gasteiger partial charge >= 0.3 is 6.18 Å². The molecule has 0 spiro atoms. The fraction of sp³-hybridized carbons (Fsp3) is 0.325. The topological polar surface area (TPSA) is 127 Å². The number of alkyl halides is 3. The first-order chi connectivity index (χ1) is 25.5. The van der Waals surface area contributed by atoms with Crippen molar-refractivity contribution in [1.82, 2.24) is 29.7 Å². The number of oxazole rings is 1. The first-order valence-corrected chi connectivity index (χ1v) is 17.7. The van der Waals surface area contributed by atoms with Gasteiger partial charge in [-0.15, -0.1) is 0 Å². The number of hydrogen-bond donors (Lipinski definition) is 2. The first kappa shape index (κ1) is 34.7. The Morgan fingerprint density at radius 3 is 2.34 bits per heavy atom. The summed E-state index contributed by atoms with van der Waals surface area (Å²) in [5.74, 6) is -0.916. The molecule has 2 aliphatic heterocycles. The number of rotatable bonds is 8. The molecule has 10 nitrogen and oxygen atoms in total. The molecule has 2 N–H and O–H groups in total. The van der Waals surface area contributed by atoms with Crippen molar-refractivity contribution in [1.29, 1.82) is 5.26 Å². The minimum absolute atomic E-state index is 0.0555. The van der Waals surface area contributed by atoms with Crippen LogP contribution in [0.25, 0.3) is 44.7 Å². The van der Waals surface area contributed by atoms with Crippen LogP contribution in [0.5, 0.6) is 0 Å². The van der Waals surface area contributed by atoms with Crippen molar-refractivity contribution in [3.05, 3.63) is 94.4 Å². The van der Waals surface area contributed by atoms with Gasteiger partial charge in [-0.1, -0.05) is 24.3 Å². The van der Waals surface area contributed by atoms with Crippen LogP contribution < -0.4 is 5.32 Å². The van der Waals surface area contributed by atoms with Gasteiger partial charge in [0.1, 0.15) is 17.1 Å². The predicted molar refractivity (Wildman–Crippen MR) is 195 cm³/mol. The molecule has 0 aliphatic carbocycles. The lowest BCUT2D eigenvalue weighted by atomic mass is 9.93. The number of fused-ring (bicyclic) bond motifs is 2. The average molecular weight is 719 g/mol. The van der Waals surface area contributed by atoms with Gasteiger partial charge in [0, 0.05) is 43.6 Å². The number of halogens is 3. The molecule has 0 amide bonds. The Balaban J connectivity index is 1.13. The number of aromatic nitrogens is 4. The highest BCUT2D eigenvalue weighted by Crippen LogP contribution is 2.38. The predicted octanol–water partition coefficient (Wildman–Crippen LogP) is 7.91. The van der Waals surface area contributed by atoms with Crippen molar-refractivity contribution >= 4 is 33.6 Å². The van der Waals surface area contributed by atoms with Crippen molar-refractivity contribution < 1.29 is 22.7 Å². The fourth-order valence-corrected chi connectivity index (χ4v) is 7.50. The Hall–Kier alpha value is -5.42. The van der Waals surface area contributed by atoms with Gasteiger partial charge in [-0.3, -0.25) is 14.8 Å². The van der Waals surface area contributed by atoms with E-state index in [9.17, 15) is 23.5 Å². The number of aliphatic hydroxyl groups excluding tert-OH is 1. The number of likely N-dealkylation sites (tertiary alicyclic amines) is 2. The van der Waals surface area contributed by atoms with Crippen molar-refractivity contribution in [2.45, 2.75) is 58.5 Å². The summed E-state index contributed by atoms with van der Waals surface area (Å²) in [6.07, 6.45) is -0.568.